The molecule has 2 aromatic rings. The average Bonchev–Trinajstić information content (AvgIpc) is 2.91. The predicted molar refractivity (Wildman–Crippen MR) is 70.2 cm³/mol. The van der Waals surface area contributed by atoms with Gasteiger partial charge in [-0.1, -0.05) is 17.3 Å². The molecule has 1 aromatic carbocycles. The normalized spacial score (nSPS) is 10.3. The molecule has 100 valence electrons. The van der Waals surface area contributed by atoms with Crippen molar-refractivity contribution >= 4 is 11.6 Å². The number of hydrogen-bond donors (Lipinski definition) is 2. The Morgan fingerprint density at radius 3 is 2.74 bits per heavy atom. The van der Waals surface area contributed by atoms with Gasteiger partial charge in [0.25, 0.3) is 0 Å². The number of amides is 1. The zero-order chi connectivity index (χ0) is 13.5. The molecular weight excluding hydrogens is 244 g/mol. The number of hydrogen-bond acceptors (Lipinski definition) is 5. The number of carbonyl (C=O) groups excluding carboxylic acids is 1. The minimum Gasteiger partial charge on any atom is -0.399 e. The molecule has 0 fully saturated rings. The molecular formula is C13H16N4O2. The van der Waals surface area contributed by atoms with Crippen LogP contribution in [0.1, 0.15) is 17.8 Å². The fourth-order valence-corrected chi connectivity index (χ4v) is 1.65. The van der Waals surface area contributed by atoms with E-state index in [4.69, 9.17) is 5.73 Å². The molecule has 6 heteroatoms. The molecule has 3 N–H and O–H groups in total. The number of rotatable bonds is 6. The van der Waals surface area contributed by atoms with Crippen molar-refractivity contribution < 1.29 is 9.32 Å². The summed E-state index contributed by atoms with van der Waals surface area (Å²) in [6, 6.07) is 7.54. The maximum absolute atomic E-state index is 11.6. The van der Waals surface area contributed by atoms with Crippen LogP contribution in [0.4, 0.5) is 5.69 Å². The van der Waals surface area contributed by atoms with Crippen molar-refractivity contribution in [2.75, 3.05) is 12.3 Å². The monoisotopic (exact) mass is 260 g/mol. The van der Waals surface area contributed by atoms with Gasteiger partial charge < -0.3 is 15.6 Å². The van der Waals surface area contributed by atoms with Crippen molar-refractivity contribution in [3.8, 4) is 0 Å². The van der Waals surface area contributed by atoms with Crippen molar-refractivity contribution in [2.45, 2.75) is 19.3 Å². The number of nitrogens with two attached hydrogens (primary N) is 1. The van der Waals surface area contributed by atoms with E-state index in [0.717, 1.165) is 11.3 Å². The molecule has 1 amide bonds. The van der Waals surface area contributed by atoms with Crippen LogP contribution in [0.25, 0.3) is 0 Å². The number of nitrogen functional groups attached to an aromatic ring is 1. The predicted octanol–water partition coefficient (Wildman–Crippen LogP) is 0.943. The second-order valence-corrected chi connectivity index (χ2v) is 4.19. The topological polar surface area (TPSA) is 94.0 Å². The number of aryl methyl sites for hydroxylation is 1. The SMILES string of the molecule is Nc1ccc(CCC(=O)NCCc2ncon2)cc1. The number of anilines is 1. The molecule has 0 aliphatic rings. The summed E-state index contributed by atoms with van der Waals surface area (Å²) in [7, 11) is 0. The van der Waals surface area contributed by atoms with Crippen LogP contribution in [0, 0.1) is 0 Å². The lowest BCUT2D eigenvalue weighted by Gasteiger charge is -2.04. The minimum absolute atomic E-state index is 0.0142. The van der Waals surface area contributed by atoms with E-state index in [1.807, 2.05) is 24.3 Å². The van der Waals surface area contributed by atoms with Crippen LogP contribution in [-0.2, 0) is 17.6 Å². The van der Waals surface area contributed by atoms with E-state index in [2.05, 4.69) is 20.0 Å². The molecule has 0 bridgehead atoms. The third kappa shape index (κ3) is 4.42. The lowest BCUT2D eigenvalue weighted by atomic mass is 10.1. The highest BCUT2D eigenvalue weighted by Crippen LogP contribution is 2.07. The molecule has 6 nitrogen and oxygen atoms in total. The molecule has 0 radical (unpaired) electrons. The largest absolute Gasteiger partial charge is 0.399 e. The van der Waals surface area contributed by atoms with Gasteiger partial charge in [0.05, 0.1) is 0 Å². The summed E-state index contributed by atoms with van der Waals surface area (Å²) < 4.78 is 4.60. The first kappa shape index (κ1) is 13.1. The summed E-state index contributed by atoms with van der Waals surface area (Å²) >= 11 is 0. The van der Waals surface area contributed by atoms with E-state index in [1.165, 1.54) is 6.39 Å². The van der Waals surface area contributed by atoms with Gasteiger partial charge in [-0.15, -0.1) is 0 Å². The average molecular weight is 260 g/mol. The van der Waals surface area contributed by atoms with Gasteiger partial charge in [-0.2, -0.15) is 4.98 Å². The van der Waals surface area contributed by atoms with E-state index in [9.17, 15) is 4.79 Å². The first-order valence-corrected chi connectivity index (χ1v) is 6.10. The Labute approximate surface area is 111 Å². The van der Waals surface area contributed by atoms with Gasteiger partial charge in [0.2, 0.25) is 12.3 Å². The molecule has 1 aromatic heterocycles. The van der Waals surface area contributed by atoms with Gasteiger partial charge in [-0.25, -0.2) is 0 Å². The number of carbonyl (C=O) groups is 1. The van der Waals surface area contributed by atoms with E-state index in [1.54, 1.807) is 0 Å². The summed E-state index contributed by atoms with van der Waals surface area (Å²) in [4.78, 5) is 15.5. The van der Waals surface area contributed by atoms with Crippen molar-refractivity contribution in [1.82, 2.24) is 15.5 Å². The van der Waals surface area contributed by atoms with Crippen molar-refractivity contribution in [3.63, 3.8) is 0 Å². The van der Waals surface area contributed by atoms with Crippen LogP contribution in [0.15, 0.2) is 35.2 Å². The molecule has 0 saturated carbocycles. The van der Waals surface area contributed by atoms with Gasteiger partial charge in [0, 0.05) is 25.1 Å². The molecule has 0 saturated heterocycles. The second kappa shape index (κ2) is 6.53. The standard InChI is InChI=1S/C13H16N4O2/c14-11-4-1-10(2-5-11)3-6-13(18)15-8-7-12-16-9-19-17-12/h1-2,4-5,9H,3,6-8,14H2,(H,15,18). The molecule has 19 heavy (non-hydrogen) atoms. The van der Waals surface area contributed by atoms with Crippen molar-refractivity contribution in [1.29, 1.82) is 0 Å². The Balaban J connectivity index is 1.65. The zero-order valence-electron chi connectivity index (χ0n) is 10.5. The van der Waals surface area contributed by atoms with Crippen LogP contribution in [-0.4, -0.2) is 22.6 Å². The Bertz CT molecular complexity index is 508. The smallest absolute Gasteiger partial charge is 0.220 e. The summed E-state index contributed by atoms with van der Waals surface area (Å²) in [6.07, 6.45) is 3.01. The maximum atomic E-state index is 11.6. The Hall–Kier alpha value is -2.37. The van der Waals surface area contributed by atoms with E-state index in [0.29, 0.717) is 31.6 Å². The summed E-state index contributed by atoms with van der Waals surface area (Å²) in [5.74, 6) is 0.610. The molecule has 1 heterocycles. The first-order chi connectivity index (χ1) is 9.24. The quantitative estimate of drug-likeness (QED) is 0.754. The lowest BCUT2D eigenvalue weighted by Crippen LogP contribution is -2.26. The third-order valence-electron chi connectivity index (χ3n) is 2.70. The van der Waals surface area contributed by atoms with Crippen LogP contribution >= 0.6 is 0 Å². The van der Waals surface area contributed by atoms with Crippen LogP contribution in [0.5, 0.6) is 0 Å². The van der Waals surface area contributed by atoms with E-state index < -0.39 is 0 Å². The molecule has 0 spiro atoms. The summed E-state index contributed by atoms with van der Waals surface area (Å²) in [5, 5.41) is 6.48. The van der Waals surface area contributed by atoms with Gasteiger partial charge in [0.15, 0.2) is 5.82 Å². The number of nitrogens with one attached hydrogen (secondary N) is 1. The van der Waals surface area contributed by atoms with Crippen molar-refractivity contribution in [2.24, 2.45) is 0 Å². The van der Waals surface area contributed by atoms with Gasteiger partial charge in [-0.05, 0) is 24.1 Å². The van der Waals surface area contributed by atoms with Gasteiger partial charge >= 0.3 is 0 Å². The van der Waals surface area contributed by atoms with Gasteiger partial charge in [-0.3, -0.25) is 4.79 Å². The Morgan fingerprint density at radius 2 is 2.05 bits per heavy atom. The highest BCUT2D eigenvalue weighted by Gasteiger charge is 2.03. The summed E-state index contributed by atoms with van der Waals surface area (Å²) in [6.45, 7) is 0.514. The molecule has 0 unspecified atom stereocenters. The lowest BCUT2D eigenvalue weighted by molar-refractivity contribution is -0.121. The minimum atomic E-state index is 0.0142. The molecule has 0 atom stereocenters. The third-order valence-corrected chi connectivity index (χ3v) is 2.70. The van der Waals surface area contributed by atoms with E-state index >= 15 is 0 Å². The number of aromatic nitrogens is 2. The number of nitrogens with zero attached hydrogens (tertiary/aromatic N) is 2. The fourth-order valence-electron chi connectivity index (χ4n) is 1.65. The zero-order valence-corrected chi connectivity index (χ0v) is 10.5. The van der Waals surface area contributed by atoms with Crippen LogP contribution in [0.3, 0.4) is 0 Å². The Kier molecular flexibility index (Phi) is 4.49. The number of benzene rings is 1. The van der Waals surface area contributed by atoms with Crippen LogP contribution in [0.2, 0.25) is 0 Å². The molecule has 0 aliphatic carbocycles. The van der Waals surface area contributed by atoms with Crippen LogP contribution < -0.4 is 11.1 Å². The maximum Gasteiger partial charge on any atom is 0.220 e. The molecule has 2 rings (SSSR count). The van der Waals surface area contributed by atoms with Crippen molar-refractivity contribution in [3.05, 3.63) is 42.0 Å². The Morgan fingerprint density at radius 1 is 1.26 bits per heavy atom. The fraction of sp³-hybridized carbons (Fsp3) is 0.308. The van der Waals surface area contributed by atoms with Gasteiger partial charge in [0.1, 0.15) is 0 Å². The van der Waals surface area contributed by atoms with E-state index in [-0.39, 0.29) is 5.91 Å². The highest BCUT2D eigenvalue weighted by atomic mass is 16.5. The summed E-state index contributed by atoms with van der Waals surface area (Å²) in [5.41, 5.74) is 7.43. The first-order valence-electron chi connectivity index (χ1n) is 6.10. The molecule has 0 aliphatic heterocycles. The second-order valence-electron chi connectivity index (χ2n) is 4.19. The highest BCUT2D eigenvalue weighted by molar-refractivity contribution is 5.76.